The maximum absolute atomic E-state index is 13.1. The molecular weight excluding hydrogens is 1740 g/mol. The molecule has 0 amide bonds. The minimum atomic E-state index is -0.0163. The quantitative estimate of drug-likeness (QED) is 0.0965. The number of fused-ring (bicyclic) bond motifs is 17. The third kappa shape index (κ3) is 15.4. The van der Waals surface area contributed by atoms with E-state index in [1.807, 2.05) is 128 Å². The van der Waals surface area contributed by atoms with Crippen LogP contribution >= 0.6 is 0 Å². The summed E-state index contributed by atoms with van der Waals surface area (Å²) in [6, 6.07) is 36.3. The van der Waals surface area contributed by atoms with Crippen molar-refractivity contribution in [3.8, 4) is 55.6 Å². The Morgan fingerprint density at radius 3 is 0.913 bits per heavy atom. The van der Waals surface area contributed by atoms with Crippen LogP contribution in [-0.4, -0.2) is 148 Å². The number of aliphatic hydroxyl groups excluding tert-OH is 1. The highest BCUT2D eigenvalue weighted by Gasteiger charge is 2.34. The molecule has 3 saturated carbocycles. The number of nitrogen functional groups attached to an aromatic ring is 2. The minimum Gasteiger partial charge on any atom is -0.396 e. The van der Waals surface area contributed by atoms with Crippen LogP contribution in [0.25, 0.3) is 177 Å². The lowest BCUT2D eigenvalue weighted by Gasteiger charge is -2.27. The number of rotatable bonds is 13. The number of pyridine rings is 7. The summed E-state index contributed by atoms with van der Waals surface area (Å²) in [4.78, 5) is 113. The molecule has 0 unspecified atom stereocenters. The van der Waals surface area contributed by atoms with Crippen molar-refractivity contribution in [3.63, 3.8) is 0 Å². The summed E-state index contributed by atoms with van der Waals surface area (Å²) < 4.78 is 31.1. The fourth-order valence-electron chi connectivity index (χ4n) is 20.3. The average Bonchev–Trinajstić information content (AvgIpc) is 1.57. The van der Waals surface area contributed by atoms with E-state index in [-0.39, 0.29) is 59.0 Å². The van der Waals surface area contributed by atoms with Crippen molar-refractivity contribution >= 4 is 134 Å². The van der Waals surface area contributed by atoms with Crippen LogP contribution in [0, 0.1) is 0 Å². The van der Waals surface area contributed by atoms with Crippen molar-refractivity contribution in [2.75, 3.05) is 44.5 Å². The van der Waals surface area contributed by atoms with Gasteiger partial charge in [-0.3, -0.25) is 85.2 Å². The molecule has 17 heterocycles. The van der Waals surface area contributed by atoms with Crippen LogP contribution in [-0.2, 0) is 64.1 Å². The lowest BCUT2D eigenvalue weighted by molar-refractivity contribution is 0.0695. The van der Waals surface area contributed by atoms with Crippen LogP contribution in [0.15, 0.2) is 220 Å². The summed E-state index contributed by atoms with van der Waals surface area (Å²) in [6.45, 7) is 3.52. The maximum Gasteiger partial charge on any atom is 0.329 e. The Morgan fingerprint density at radius 2 is 0.616 bits per heavy atom. The number of ether oxygens (including phenoxy) is 2. The van der Waals surface area contributed by atoms with Gasteiger partial charge in [-0.2, -0.15) is 5.10 Å². The summed E-state index contributed by atoms with van der Waals surface area (Å²) >= 11 is 0. The van der Waals surface area contributed by atoms with Crippen molar-refractivity contribution in [1.29, 1.82) is 0 Å². The topological polar surface area (TPSA) is 385 Å². The largest absolute Gasteiger partial charge is 0.396 e. The van der Waals surface area contributed by atoms with Crippen molar-refractivity contribution < 1.29 is 14.6 Å². The van der Waals surface area contributed by atoms with E-state index < -0.39 is 0 Å². The van der Waals surface area contributed by atoms with Crippen LogP contribution in [0.1, 0.15) is 130 Å². The van der Waals surface area contributed by atoms with Crippen LogP contribution in [0.3, 0.4) is 0 Å². The highest BCUT2D eigenvalue weighted by atomic mass is 16.5. The summed E-state index contributed by atoms with van der Waals surface area (Å²) in [6.07, 6.45) is 45.5. The van der Waals surface area contributed by atoms with Gasteiger partial charge in [-0.15, -0.1) is 0 Å². The molecule has 0 atom stereocenters. The maximum atomic E-state index is 13.1. The molecule has 15 aromatic heterocycles. The number of anilines is 2. The van der Waals surface area contributed by atoms with E-state index >= 15 is 0 Å². The first-order chi connectivity index (χ1) is 67.3. The molecule has 33 nitrogen and oxygen atoms in total. The number of allylic oxidation sites excluding steroid dienone is 2. The average molecular weight is 1840 g/mol. The van der Waals surface area contributed by atoms with Gasteiger partial charge in [0.2, 0.25) is 11.9 Å². The van der Waals surface area contributed by atoms with Gasteiger partial charge in [0.25, 0.3) is 0 Å². The minimum absolute atomic E-state index is 0.00609. The Hall–Kier alpha value is -15.9. The van der Waals surface area contributed by atoms with Crippen molar-refractivity contribution in [1.82, 2.24) is 110 Å². The first-order valence-corrected chi connectivity index (χ1v) is 47.1. The molecule has 5 aliphatic carbocycles. The zero-order valence-corrected chi connectivity index (χ0v) is 76.9. The smallest absolute Gasteiger partial charge is 0.329 e. The highest BCUT2D eigenvalue weighted by molar-refractivity contribution is 6.09. The third-order valence-electron chi connectivity index (χ3n) is 28.4. The van der Waals surface area contributed by atoms with E-state index in [1.165, 1.54) is 17.5 Å². The van der Waals surface area contributed by atoms with Gasteiger partial charge in [-0.25, -0.2) is 43.9 Å². The standard InChI is InChI=1S/C23H20N4O.C22H25N5O3.C22H18N4O.C20H20N6O2.C18H16N6O/c1-26-21-13-25-20-9-8-14(16-10-15-4-2-7-19(15)24-12-16)11-18(20)22(21)27(23(26)28)17-5-3-6-17;1-25-20-13-23-19-4-3-15(16-12-24-26(14-16)7-2-8-28)11-18(19)21(20)27(22(25)29)17-5-9-30-10-6-17;1-25-20-12-24-19-8-5-13(15-9-14-3-2-4-18(14)23-11-15)10-17(19)21(20)26(22(25)27)16-6-7-16;1-25-17-11-22-16-3-2-12(13-9-23-19(21)24-10-13)8-15(16)18(17)26(20(25)27)14-4-6-28-7-5-14;1-23-15-9-20-14-5-2-10(11-7-21-17(19)22-8-11)6-13(14)16(15)24(18(23)25)12-3-4-12/h2,4,8-13,17H,3,5-7H2,1H3;3-4,11-14,17,28H,2,5-10H2,1H3;2-3,5,8-12,16H,4,6-7H2,1H3;2-3,8-11,14H,4-7H2,1H3,(H2,21,23,24);2,5-9,12H,3-4H2,1H3,(H2,19,21,22). The van der Waals surface area contributed by atoms with E-state index in [4.69, 9.17) is 26.0 Å². The SMILES string of the molecule is Cn1c(=O)n(C2CC2)c2c3cc(-c4cnc(N)nc4)ccc3ncc21.Cn1c(=O)n(C2CC2)c2c3cc(-c4cnc5c(c4)C=CC5)ccc3ncc21.Cn1c(=O)n(C2CCC2)c2c3cc(-c4cnc5c(c4)C=CC5)ccc3ncc21.Cn1c(=O)n(C2CCOCC2)c2c3cc(-c4cnc(N)nc4)ccc3ncc21.Cn1c(=O)n(C2CCOCC2)c2c3cc(-c4cnn(CCCO)c4)ccc3ncc21. The predicted octanol–water partition coefficient (Wildman–Crippen LogP) is 15.1. The molecule has 692 valence electrons. The Balaban J connectivity index is 0.0000000967. The molecule has 0 bridgehead atoms. The molecule has 33 heteroatoms. The molecule has 0 spiro atoms. The van der Waals surface area contributed by atoms with E-state index in [2.05, 4.69) is 145 Å². The molecule has 5 fully saturated rings. The van der Waals surface area contributed by atoms with E-state index in [0.717, 1.165) is 254 Å². The molecule has 2 saturated heterocycles. The molecule has 27 rings (SSSR count). The Labute approximate surface area is 787 Å². The van der Waals surface area contributed by atoms with Gasteiger partial charge in [0, 0.05) is 216 Å². The van der Waals surface area contributed by atoms with Crippen LogP contribution < -0.4 is 39.9 Å². The van der Waals surface area contributed by atoms with Crippen molar-refractivity contribution in [2.45, 2.75) is 127 Å². The Kier molecular flexibility index (Phi) is 21.9. The molecule has 5 aromatic carbocycles. The fraction of sp³-hybridized carbons (Fsp3) is 0.286. The molecule has 5 N–H and O–H groups in total. The Morgan fingerprint density at radius 1 is 0.326 bits per heavy atom. The molecular formula is C105H99N25O8. The van der Waals surface area contributed by atoms with Gasteiger partial charge in [0.05, 0.1) is 131 Å². The van der Waals surface area contributed by atoms with Gasteiger partial charge in [-0.05, 0) is 189 Å². The normalized spacial score (nSPS) is 15.4. The van der Waals surface area contributed by atoms with Gasteiger partial charge < -0.3 is 26.0 Å². The molecule has 7 aliphatic rings. The number of nitrogens with two attached hydrogens (primary N) is 2. The predicted molar refractivity (Wildman–Crippen MR) is 536 cm³/mol. The lowest BCUT2D eigenvalue weighted by atomic mass is 9.92. The van der Waals surface area contributed by atoms with E-state index in [1.54, 1.807) is 80.3 Å². The van der Waals surface area contributed by atoms with Crippen LogP contribution in [0.2, 0.25) is 0 Å². The summed E-state index contributed by atoms with van der Waals surface area (Å²) in [5, 5.41) is 18.4. The number of hydrogen-bond donors (Lipinski definition) is 3. The second kappa shape index (κ2) is 35.1. The Bertz CT molecular complexity index is 8720. The molecule has 138 heavy (non-hydrogen) atoms. The van der Waals surface area contributed by atoms with Crippen LogP contribution in [0.5, 0.6) is 0 Å². The number of aryl methyl sites for hydroxylation is 6. The first kappa shape index (κ1) is 86.3. The van der Waals surface area contributed by atoms with Crippen molar-refractivity contribution in [3.05, 3.63) is 271 Å². The fourth-order valence-corrected chi connectivity index (χ4v) is 20.3. The van der Waals surface area contributed by atoms with E-state index in [0.29, 0.717) is 57.5 Å². The third-order valence-corrected chi connectivity index (χ3v) is 28.4. The van der Waals surface area contributed by atoms with Gasteiger partial charge in [0.15, 0.2) is 0 Å². The van der Waals surface area contributed by atoms with Gasteiger partial charge in [0.1, 0.15) is 0 Å². The van der Waals surface area contributed by atoms with Gasteiger partial charge in [-0.1, -0.05) is 54.6 Å². The zero-order valence-electron chi connectivity index (χ0n) is 76.9. The number of imidazole rings is 5. The summed E-state index contributed by atoms with van der Waals surface area (Å²) in [7, 11) is 9.08. The summed E-state index contributed by atoms with van der Waals surface area (Å²) in [5.74, 6) is 0.490. The number of aliphatic hydroxyl groups is 1. The lowest BCUT2D eigenvalue weighted by Crippen LogP contribution is -2.29. The molecule has 2 aliphatic heterocycles. The number of nitrogens with zero attached hydrogens (tertiary/aromatic N) is 23. The second-order valence-electron chi connectivity index (χ2n) is 36.9. The number of hydrogen-bond acceptors (Lipinski definition) is 22. The summed E-state index contributed by atoms with van der Waals surface area (Å²) in [5.41, 5.74) is 39.6. The number of aromatic nitrogens is 23. The second-order valence-corrected chi connectivity index (χ2v) is 36.9. The van der Waals surface area contributed by atoms with Crippen molar-refractivity contribution in [2.24, 2.45) is 35.2 Å². The van der Waals surface area contributed by atoms with Crippen LogP contribution in [0.4, 0.5) is 11.9 Å². The highest BCUT2D eigenvalue weighted by Crippen LogP contribution is 2.44. The first-order valence-electron chi connectivity index (χ1n) is 47.1. The van der Waals surface area contributed by atoms with Gasteiger partial charge >= 0.3 is 28.4 Å². The zero-order chi connectivity index (χ0) is 94.0. The molecule has 0 radical (unpaired) electrons. The van der Waals surface area contributed by atoms with E-state index in [9.17, 15) is 24.0 Å². The number of benzene rings is 5. The monoisotopic (exact) mass is 1840 g/mol. The molecule has 20 aromatic rings.